The van der Waals surface area contributed by atoms with Crippen molar-refractivity contribution in [1.29, 1.82) is 0 Å². The fraction of sp³-hybridized carbons (Fsp3) is 0.588. The molecule has 1 heterocycles. The van der Waals surface area contributed by atoms with Crippen LogP contribution in [-0.2, 0) is 4.79 Å². The summed E-state index contributed by atoms with van der Waals surface area (Å²) in [6.07, 6.45) is 3.29. The third-order valence-corrected chi connectivity index (χ3v) is 4.71. The fourth-order valence-corrected chi connectivity index (χ4v) is 3.67. The summed E-state index contributed by atoms with van der Waals surface area (Å²) in [7, 11) is 0. The number of amides is 1. The lowest BCUT2D eigenvalue weighted by molar-refractivity contribution is -0.121. The Bertz CT molecular complexity index is 486. The molecule has 1 amide bonds. The molecular formula is C17H24N2O. The number of rotatable bonds is 3. The van der Waals surface area contributed by atoms with Crippen LogP contribution in [0.5, 0.6) is 0 Å². The van der Waals surface area contributed by atoms with Crippen LogP contribution in [0.4, 0.5) is 5.69 Å². The average Bonchev–Trinajstić information content (AvgIpc) is 2.77. The van der Waals surface area contributed by atoms with Gasteiger partial charge in [-0.1, -0.05) is 32.0 Å². The minimum absolute atomic E-state index is 0.175. The van der Waals surface area contributed by atoms with E-state index in [2.05, 4.69) is 30.5 Å². The Labute approximate surface area is 121 Å². The molecule has 3 rings (SSSR count). The summed E-state index contributed by atoms with van der Waals surface area (Å²) in [5, 5.41) is 6.68. The van der Waals surface area contributed by atoms with Crippen molar-refractivity contribution in [2.24, 2.45) is 11.8 Å². The van der Waals surface area contributed by atoms with E-state index in [1.807, 2.05) is 18.2 Å². The lowest BCUT2D eigenvalue weighted by Gasteiger charge is -2.26. The quantitative estimate of drug-likeness (QED) is 0.887. The average molecular weight is 272 g/mol. The van der Waals surface area contributed by atoms with Crippen LogP contribution in [0.2, 0.25) is 0 Å². The number of carbonyl (C=O) groups is 1. The largest absolute Gasteiger partial charge is 0.326 e. The maximum absolute atomic E-state index is 12.5. The topological polar surface area (TPSA) is 41.1 Å². The van der Waals surface area contributed by atoms with Crippen molar-refractivity contribution in [3.63, 3.8) is 0 Å². The summed E-state index contributed by atoms with van der Waals surface area (Å²) in [6.45, 7) is 5.42. The summed E-state index contributed by atoms with van der Waals surface area (Å²) < 4.78 is 0. The highest BCUT2D eigenvalue weighted by Crippen LogP contribution is 2.34. The van der Waals surface area contributed by atoms with Crippen LogP contribution >= 0.6 is 0 Å². The highest BCUT2D eigenvalue weighted by molar-refractivity contribution is 5.93. The molecule has 2 bridgehead atoms. The van der Waals surface area contributed by atoms with Crippen LogP contribution in [0.1, 0.15) is 44.6 Å². The minimum atomic E-state index is 0.175. The Balaban J connectivity index is 1.70. The molecule has 2 N–H and O–H groups in total. The molecule has 0 spiro atoms. The van der Waals surface area contributed by atoms with Gasteiger partial charge < -0.3 is 10.6 Å². The second kappa shape index (κ2) is 5.57. The van der Waals surface area contributed by atoms with E-state index >= 15 is 0 Å². The molecule has 1 aromatic carbocycles. The number of carbonyl (C=O) groups excluding carboxylic acids is 1. The molecule has 2 fully saturated rings. The normalized spacial score (nSPS) is 28.6. The first-order valence-corrected chi connectivity index (χ1v) is 7.76. The van der Waals surface area contributed by atoms with Gasteiger partial charge in [0, 0.05) is 17.6 Å². The van der Waals surface area contributed by atoms with Crippen LogP contribution in [0.15, 0.2) is 24.3 Å². The third-order valence-electron chi connectivity index (χ3n) is 4.71. The van der Waals surface area contributed by atoms with Gasteiger partial charge in [-0.15, -0.1) is 0 Å². The zero-order chi connectivity index (χ0) is 14.1. The van der Waals surface area contributed by atoms with Gasteiger partial charge in [-0.25, -0.2) is 0 Å². The Hall–Kier alpha value is -1.35. The van der Waals surface area contributed by atoms with Gasteiger partial charge in [0.05, 0.1) is 0 Å². The molecule has 3 atom stereocenters. The van der Waals surface area contributed by atoms with E-state index < -0.39 is 0 Å². The SMILES string of the molecule is CC(C)c1ccccc1NC(=O)[C@@H]1C[C@H]2CN[C@H](C2)C1. The fourth-order valence-electron chi connectivity index (χ4n) is 3.67. The zero-order valence-corrected chi connectivity index (χ0v) is 12.4. The van der Waals surface area contributed by atoms with Crippen molar-refractivity contribution in [2.75, 3.05) is 11.9 Å². The van der Waals surface area contributed by atoms with Crippen molar-refractivity contribution in [1.82, 2.24) is 5.32 Å². The van der Waals surface area contributed by atoms with Crippen molar-refractivity contribution < 1.29 is 4.79 Å². The van der Waals surface area contributed by atoms with Gasteiger partial charge in [-0.2, -0.15) is 0 Å². The number of fused-ring (bicyclic) bond motifs is 2. The van der Waals surface area contributed by atoms with Gasteiger partial charge in [0.25, 0.3) is 0 Å². The van der Waals surface area contributed by atoms with Crippen LogP contribution in [0.25, 0.3) is 0 Å². The van der Waals surface area contributed by atoms with Gasteiger partial charge >= 0.3 is 0 Å². The van der Waals surface area contributed by atoms with Crippen molar-refractivity contribution in [2.45, 2.75) is 45.1 Å². The lowest BCUT2D eigenvalue weighted by Crippen LogP contribution is -2.32. The van der Waals surface area contributed by atoms with Gasteiger partial charge in [0.1, 0.15) is 0 Å². The first kappa shape index (κ1) is 13.6. The second-order valence-electron chi connectivity index (χ2n) is 6.61. The minimum Gasteiger partial charge on any atom is -0.326 e. The molecule has 1 saturated heterocycles. The molecule has 108 valence electrons. The van der Waals surface area contributed by atoms with E-state index in [-0.39, 0.29) is 11.8 Å². The number of hydrogen-bond donors (Lipinski definition) is 2. The Morgan fingerprint density at radius 1 is 1.25 bits per heavy atom. The zero-order valence-electron chi connectivity index (χ0n) is 12.4. The molecular weight excluding hydrogens is 248 g/mol. The first-order chi connectivity index (χ1) is 9.63. The summed E-state index contributed by atoms with van der Waals surface area (Å²) in [6, 6.07) is 8.71. The molecule has 0 unspecified atom stereocenters. The molecule has 1 aliphatic heterocycles. The number of benzene rings is 1. The van der Waals surface area contributed by atoms with Crippen molar-refractivity contribution in [3.05, 3.63) is 29.8 Å². The van der Waals surface area contributed by atoms with Crippen LogP contribution in [-0.4, -0.2) is 18.5 Å². The molecule has 20 heavy (non-hydrogen) atoms. The lowest BCUT2D eigenvalue weighted by atomic mass is 9.81. The van der Waals surface area contributed by atoms with Gasteiger partial charge in [0.15, 0.2) is 0 Å². The Morgan fingerprint density at radius 2 is 2.05 bits per heavy atom. The third kappa shape index (κ3) is 2.73. The van der Waals surface area contributed by atoms with E-state index in [4.69, 9.17) is 0 Å². The Morgan fingerprint density at radius 3 is 2.80 bits per heavy atom. The van der Waals surface area contributed by atoms with Crippen LogP contribution in [0.3, 0.4) is 0 Å². The van der Waals surface area contributed by atoms with E-state index in [1.54, 1.807) is 0 Å². The van der Waals surface area contributed by atoms with E-state index in [1.165, 1.54) is 12.0 Å². The predicted molar refractivity (Wildman–Crippen MR) is 81.8 cm³/mol. The van der Waals surface area contributed by atoms with E-state index in [0.717, 1.165) is 25.1 Å². The summed E-state index contributed by atoms with van der Waals surface area (Å²) in [4.78, 5) is 12.5. The van der Waals surface area contributed by atoms with Crippen molar-refractivity contribution in [3.8, 4) is 0 Å². The molecule has 3 nitrogen and oxygen atoms in total. The summed E-state index contributed by atoms with van der Waals surface area (Å²) >= 11 is 0. The molecule has 3 heteroatoms. The molecule has 1 saturated carbocycles. The van der Waals surface area contributed by atoms with Crippen molar-refractivity contribution >= 4 is 11.6 Å². The number of hydrogen-bond acceptors (Lipinski definition) is 2. The molecule has 0 radical (unpaired) electrons. The molecule has 1 aromatic rings. The highest BCUT2D eigenvalue weighted by atomic mass is 16.1. The van der Waals surface area contributed by atoms with Gasteiger partial charge in [-0.05, 0) is 49.3 Å². The monoisotopic (exact) mass is 272 g/mol. The smallest absolute Gasteiger partial charge is 0.227 e. The molecule has 2 aliphatic rings. The molecule has 1 aliphatic carbocycles. The number of anilines is 1. The first-order valence-electron chi connectivity index (χ1n) is 7.76. The number of nitrogens with one attached hydrogen (secondary N) is 2. The summed E-state index contributed by atoms with van der Waals surface area (Å²) in [5.74, 6) is 1.51. The molecule has 0 aromatic heterocycles. The number of para-hydroxylation sites is 1. The maximum Gasteiger partial charge on any atom is 0.227 e. The second-order valence-corrected chi connectivity index (χ2v) is 6.61. The van der Waals surface area contributed by atoms with Gasteiger partial charge in [-0.3, -0.25) is 4.79 Å². The predicted octanol–water partition coefficient (Wildman–Crippen LogP) is 3.14. The van der Waals surface area contributed by atoms with Crippen LogP contribution in [0, 0.1) is 11.8 Å². The van der Waals surface area contributed by atoms with Gasteiger partial charge in [0.2, 0.25) is 5.91 Å². The van der Waals surface area contributed by atoms with Crippen LogP contribution < -0.4 is 10.6 Å². The summed E-state index contributed by atoms with van der Waals surface area (Å²) in [5.41, 5.74) is 2.20. The maximum atomic E-state index is 12.5. The van der Waals surface area contributed by atoms with E-state index in [9.17, 15) is 4.79 Å². The standard InChI is InChI=1S/C17H24N2O/c1-11(2)15-5-3-4-6-16(15)19-17(20)13-7-12-8-14(9-13)18-10-12/h3-6,11-14,18H,7-10H2,1-2H3,(H,19,20)/t12-,13-,14-/m1/s1. The Kier molecular flexibility index (Phi) is 3.79. The highest BCUT2D eigenvalue weighted by Gasteiger charge is 2.36. The van der Waals surface area contributed by atoms with E-state index in [0.29, 0.717) is 17.9 Å².